The van der Waals surface area contributed by atoms with Crippen molar-refractivity contribution in [1.29, 1.82) is 0 Å². The van der Waals surface area contributed by atoms with Crippen molar-refractivity contribution in [3.05, 3.63) is 0 Å². The van der Waals surface area contributed by atoms with Gasteiger partial charge in [-0.25, -0.2) is 0 Å². The van der Waals surface area contributed by atoms with Gasteiger partial charge in [-0.3, -0.25) is 0 Å². The first-order chi connectivity index (χ1) is 8.41. The molecule has 0 aromatic rings. The molecule has 1 heterocycles. The smallest absolute Gasteiger partial charge is 0.102 e. The van der Waals surface area contributed by atoms with Crippen LogP contribution in [0.5, 0.6) is 0 Å². The SMILES string of the molecule is CC(CCC#CC(O)[Si](C)(C)C)C1CCCCO1. The van der Waals surface area contributed by atoms with Gasteiger partial charge in [0.05, 0.1) is 14.2 Å². The van der Waals surface area contributed by atoms with Gasteiger partial charge in [0.1, 0.15) is 5.73 Å². The molecule has 0 bridgehead atoms. The van der Waals surface area contributed by atoms with Crippen LogP contribution in [0.3, 0.4) is 0 Å². The Bertz CT molecular complexity index is 292. The molecule has 0 aromatic heterocycles. The van der Waals surface area contributed by atoms with Gasteiger partial charge in [-0.05, 0) is 31.6 Å². The van der Waals surface area contributed by atoms with Crippen LogP contribution in [0.15, 0.2) is 0 Å². The molecule has 1 aliphatic rings. The standard InChI is InChI=1S/C15H28O2Si/c1-13(14-10-7-8-12-17-14)9-5-6-11-15(16)18(2,3)4/h13-16H,5,7-10,12H2,1-4H3. The number of aliphatic hydroxyl groups is 1. The monoisotopic (exact) mass is 268 g/mol. The zero-order valence-electron chi connectivity index (χ0n) is 12.3. The van der Waals surface area contributed by atoms with Gasteiger partial charge in [-0.1, -0.05) is 32.5 Å². The fraction of sp³-hybridized carbons (Fsp3) is 0.867. The van der Waals surface area contributed by atoms with Crippen LogP contribution in [0.1, 0.15) is 39.0 Å². The number of ether oxygens (including phenoxy) is 1. The van der Waals surface area contributed by atoms with Gasteiger partial charge in [-0.15, -0.1) is 5.92 Å². The third kappa shape index (κ3) is 5.56. The van der Waals surface area contributed by atoms with E-state index in [0.29, 0.717) is 12.0 Å². The van der Waals surface area contributed by atoms with Gasteiger partial charge in [0.2, 0.25) is 0 Å². The minimum absolute atomic E-state index is 0.390. The van der Waals surface area contributed by atoms with E-state index in [1.54, 1.807) is 0 Å². The zero-order valence-corrected chi connectivity index (χ0v) is 13.3. The lowest BCUT2D eigenvalue weighted by Crippen LogP contribution is -2.36. The second kappa shape index (κ2) is 7.33. The normalized spacial score (nSPS) is 23.9. The first-order valence-electron chi connectivity index (χ1n) is 7.19. The molecule has 1 rings (SSSR count). The van der Waals surface area contributed by atoms with Crippen LogP contribution in [-0.4, -0.2) is 31.6 Å². The van der Waals surface area contributed by atoms with Crippen LogP contribution >= 0.6 is 0 Å². The van der Waals surface area contributed by atoms with Crippen molar-refractivity contribution >= 4 is 8.07 Å². The van der Waals surface area contributed by atoms with E-state index in [9.17, 15) is 5.11 Å². The molecule has 3 unspecified atom stereocenters. The van der Waals surface area contributed by atoms with Crippen LogP contribution < -0.4 is 0 Å². The Morgan fingerprint density at radius 3 is 2.61 bits per heavy atom. The summed E-state index contributed by atoms with van der Waals surface area (Å²) in [6.45, 7) is 9.61. The maximum atomic E-state index is 9.86. The predicted molar refractivity (Wildman–Crippen MR) is 79.1 cm³/mol. The molecule has 0 amide bonds. The summed E-state index contributed by atoms with van der Waals surface area (Å²) >= 11 is 0. The second-order valence-corrected chi connectivity index (χ2v) is 11.8. The maximum Gasteiger partial charge on any atom is 0.102 e. The zero-order chi connectivity index (χ0) is 13.6. The van der Waals surface area contributed by atoms with Crippen LogP contribution in [0, 0.1) is 17.8 Å². The topological polar surface area (TPSA) is 29.5 Å². The number of rotatable bonds is 4. The molecular formula is C15H28O2Si. The summed E-state index contributed by atoms with van der Waals surface area (Å²) in [6.07, 6.45) is 6.10. The Morgan fingerprint density at radius 1 is 1.33 bits per heavy atom. The molecule has 0 spiro atoms. The lowest BCUT2D eigenvalue weighted by Gasteiger charge is -2.27. The summed E-state index contributed by atoms with van der Waals surface area (Å²) in [4.78, 5) is 0. The van der Waals surface area contributed by atoms with E-state index in [0.717, 1.165) is 19.4 Å². The lowest BCUT2D eigenvalue weighted by molar-refractivity contribution is -0.0178. The molecule has 3 heteroatoms. The van der Waals surface area contributed by atoms with Crippen molar-refractivity contribution in [3.8, 4) is 11.8 Å². The summed E-state index contributed by atoms with van der Waals surface area (Å²) in [5.41, 5.74) is -0.390. The molecule has 1 saturated heterocycles. The summed E-state index contributed by atoms with van der Waals surface area (Å²) < 4.78 is 5.78. The molecule has 3 atom stereocenters. The largest absolute Gasteiger partial charge is 0.384 e. The van der Waals surface area contributed by atoms with Crippen molar-refractivity contribution in [2.24, 2.45) is 5.92 Å². The van der Waals surface area contributed by atoms with E-state index in [2.05, 4.69) is 38.4 Å². The fourth-order valence-electron chi connectivity index (χ4n) is 2.09. The summed E-state index contributed by atoms with van der Waals surface area (Å²) in [5, 5.41) is 9.86. The molecule has 0 saturated carbocycles. The molecule has 0 aliphatic carbocycles. The van der Waals surface area contributed by atoms with Gasteiger partial charge in [0, 0.05) is 13.0 Å². The molecule has 1 aliphatic heterocycles. The number of hydrogen-bond donors (Lipinski definition) is 1. The maximum absolute atomic E-state index is 9.86. The minimum Gasteiger partial charge on any atom is -0.384 e. The summed E-state index contributed by atoms with van der Waals surface area (Å²) in [7, 11) is -1.51. The second-order valence-electron chi connectivity index (χ2n) is 6.51. The van der Waals surface area contributed by atoms with E-state index in [4.69, 9.17) is 4.74 Å². The van der Waals surface area contributed by atoms with Crippen LogP contribution in [0.4, 0.5) is 0 Å². The summed E-state index contributed by atoms with van der Waals surface area (Å²) in [6, 6.07) is 0. The highest BCUT2D eigenvalue weighted by atomic mass is 28.3. The summed E-state index contributed by atoms with van der Waals surface area (Å²) in [5.74, 6) is 6.73. The van der Waals surface area contributed by atoms with Crippen molar-refractivity contribution in [1.82, 2.24) is 0 Å². The van der Waals surface area contributed by atoms with E-state index in [1.165, 1.54) is 19.3 Å². The number of aliphatic hydroxyl groups excluding tert-OH is 1. The molecule has 1 fully saturated rings. The molecule has 0 radical (unpaired) electrons. The molecule has 1 N–H and O–H groups in total. The van der Waals surface area contributed by atoms with E-state index < -0.39 is 13.8 Å². The van der Waals surface area contributed by atoms with Gasteiger partial charge < -0.3 is 9.84 Å². The predicted octanol–water partition coefficient (Wildman–Crippen LogP) is 3.21. The van der Waals surface area contributed by atoms with Crippen molar-refractivity contribution in [3.63, 3.8) is 0 Å². The Balaban J connectivity index is 2.26. The molecule has 18 heavy (non-hydrogen) atoms. The van der Waals surface area contributed by atoms with E-state index >= 15 is 0 Å². The molecule has 0 aromatic carbocycles. The molecular weight excluding hydrogens is 240 g/mol. The third-order valence-electron chi connectivity index (χ3n) is 3.63. The third-order valence-corrected chi connectivity index (χ3v) is 5.42. The Morgan fingerprint density at radius 2 is 2.06 bits per heavy atom. The van der Waals surface area contributed by atoms with E-state index in [-0.39, 0.29) is 0 Å². The van der Waals surface area contributed by atoms with Gasteiger partial charge in [-0.2, -0.15) is 0 Å². The minimum atomic E-state index is -1.51. The van der Waals surface area contributed by atoms with Crippen LogP contribution in [0.2, 0.25) is 19.6 Å². The highest BCUT2D eigenvalue weighted by Crippen LogP contribution is 2.22. The Labute approximate surface area is 113 Å². The van der Waals surface area contributed by atoms with Crippen LogP contribution in [0.25, 0.3) is 0 Å². The molecule has 2 nitrogen and oxygen atoms in total. The Hall–Kier alpha value is -0.303. The average molecular weight is 268 g/mol. The van der Waals surface area contributed by atoms with E-state index in [1.807, 2.05) is 0 Å². The van der Waals surface area contributed by atoms with Gasteiger partial charge >= 0.3 is 0 Å². The highest BCUT2D eigenvalue weighted by Gasteiger charge is 2.22. The molecule has 104 valence electrons. The Kier molecular flexibility index (Phi) is 6.41. The number of hydrogen-bond acceptors (Lipinski definition) is 2. The first-order valence-corrected chi connectivity index (χ1v) is 10.8. The van der Waals surface area contributed by atoms with Gasteiger partial charge in [0.15, 0.2) is 0 Å². The average Bonchev–Trinajstić information content (AvgIpc) is 2.34. The van der Waals surface area contributed by atoms with Gasteiger partial charge in [0.25, 0.3) is 0 Å². The lowest BCUT2D eigenvalue weighted by atomic mass is 9.93. The highest BCUT2D eigenvalue weighted by molar-refractivity contribution is 6.77. The van der Waals surface area contributed by atoms with Crippen molar-refractivity contribution < 1.29 is 9.84 Å². The quantitative estimate of drug-likeness (QED) is 0.626. The fourth-order valence-corrected chi connectivity index (χ4v) is 2.62. The van der Waals surface area contributed by atoms with Crippen molar-refractivity contribution in [2.75, 3.05) is 6.61 Å². The van der Waals surface area contributed by atoms with Crippen molar-refractivity contribution in [2.45, 2.75) is 70.5 Å². The first kappa shape index (κ1) is 15.8. The van der Waals surface area contributed by atoms with Crippen LogP contribution in [-0.2, 0) is 4.74 Å².